The molecule has 1 saturated heterocycles. The van der Waals surface area contributed by atoms with E-state index in [1.165, 1.54) is 35.7 Å². The molecule has 1 heterocycles. The number of hydrogen-bond acceptors (Lipinski definition) is 1. The van der Waals surface area contributed by atoms with Crippen LogP contribution in [0.3, 0.4) is 0 Å². The molecule has 1 aliphatic rings. The van der Waals surface area contributed by atoms with Gasteiger partial charge in [-0.15, -0.1) is 0 Å². The normalized spacial score (nSPS) is 16.3. The quantitative estimate of drug-likeness (QED) is 0.764. The van der Waals surface area contributed by atoms with E-state index in [9.17, 15) is 0 Å². The number of hydrogen-bond donors (Lipinski definition) is 0. The smallest absolute Gasteiger partial charge is 0.127 e. The summed E-state index contributed by atoms with van der Waals surface area (Å²) in [4.78, 5) is 0. The predicted octanol–water partition coefficient (Wildman–Crippen LogP) is 3.47. The van der Waals surface area contributed by atoms with E-state index in [-0.39, 0.29) is 0 Å². The van der Waals surface area contributed by atoms with Crippen molar-refractivity contribution in [2.75, 3.05) is 6.61 Å². The molecule has 0 saturated carbocycles. The first kappa shape index (κ1) is 11.8. The lowest BCUT2D eigenvalue weighted by Crippen LogP contribution is -2.27. The van der Waals surface area contributed by atoms with Gasteiger partial charge in [0.25, 0.3) is 0 Å². The molecule has 0 aromatic heterocycles. The molecule has 94 valence electrons. The lowest BCUT2D eigenvalue weighted by Gasteiger charge is -2.15. The Kier molecular flexibility index (Phi) is 3.37. The highest BCUT2D eigenvalue weighted by Crippen LogP contribution is 2.27. The number of rotatable bonds is 3. The predicted molar refractivity (Wildman–Crippen MR) is 80.7 cm³/mol. The molecule has 0 aliphatic carbocycles. The first-order valence-electron chi connectivity index (χ1n) is 7.04. The van der Waals surface area contributed by atoms with Crippen LogP contribution in [0.2, 0.25) is 12.1 Å². The molecule has 0 spiro atoms. The summed E-state index contributed by atoms with van der Waals surface area (Å²) in [6, 6.07) is 16.2. The largest absolute Gasteiger partial charge is 0.493 e. The van der Waals surface area contributed by atoms with Gasteiger partial charge in [-0.2, -0.15) is 0 Å². The monoisotopic (exact) mass is 256 g/mol. The average molecular weight is 256 g/mol. The van der Waals surface area contributed by atoms with Crippen LogP contribution >= 0.6 is 0 Å². The summed E-state index contributed by atoms with van der Waals surface area (Å²) in [6.07, 6.45) is 2.89. The van der Waals surface area contributed by atoms with Crippen molar-refractivity contribution in [3.63, 3.8) is 0 Å². The molecule has 3 rings (SSSR count). The van der Waals surface area contributed by atoms with Crippen LogP contribution in [0.5, 0.6) is 5.75 Å². The Morgan fingerprint density at radius 2 is 1.72 bits per heavy atom. The minimum Gasteiger partial charge on any atom is -0.493 e. The van der Waals surface area contributed by atoms with E-state index in [0.717, 1.165) is 12.4 Å². The van der Waals surface area contributed by atoms with Crippen molar-refractivity contribution in [1.29, 1.82) is 0 Å². The molecule has 2 heteroatoms. The fraction of sp³-hybridized carbons (Fsp3) is 0.375. The molecule has 0 unspecified atom stereocenters. The topological polar surface area (TPSA) is 9.23 Å². The Hall–Kier alpha value is -1.28. The molecule has 18 heavy (non-hydrogen) atoms. The highest BCUT2D eigenvalue weighted by atomic mass is 28.3. The summed E-state index contributed by atoms with van der Waals surface area (Å²) < 4.78 is 5.75. The first-order chi connectivity index (χ1) is 8.90. The number of ether oxygens (including phenoxy) is 1. The molecule has 2 aromatic rings. The fourth-order valence-electron chi connectivity index (χ4n) is 3.17. The zero-order chi connectivity index (χ0) is 12.4. The van der Waals surface area contributed by atoms with Gasteiger partial charge < -0.3 is 4.74 Å². The molecule has 2 aromatic carbocycles. The lowest BCUT2D eigenvalue weighted by molar-refractivity contribution is 0.344. The van der Waals surface area contributed by atoms with Crippen molar-refractivity contribution < 1.29 is 4.74 Å². The van der Waals surface area contributed by atoms with Gasteiger partial charge in [-0.05, 0) is 18.4 Å². The van der Waals surface area contributed by atoms with Gasteiger partial charge in [0.15, 0.2) is 0 Å². The van der Waals surface area contributed by atoms with Crippen LogP contribution in [0.1, 0.15) is 19.8 Å². The molecule has 0 amide bonds. The minimum atomic E-state index is -0.686. The molecule has 1 fully saturated rings. The Morgan fingerprint density at radius 3 is 2.44 bits per heavy atom. The second-order valence-corrected chi connectivity index (χ2v) is 8.28. The van der Waals surface area contributed by atoms with Crippen LogP contribution < -0.4 is 9.92 Å². The molecule has 0 bridgehead atoms. The minimum absolute atomic E-state index is 0.686. The van der Waals surface area contributed by atoms with E-state index >= 15 is 0 Å². The Bertz CT molecular complexity index is 544. The highest BCUT2D eigenvalue weighted by molar-refractivity contribution is 6.76. The number of benzene rings is 2. The van der Waals surface area contributed by atoms with E-state index in [0.29, 0.717) is 0 Å². The second kappa shape index (κ2) is 5.15. The molecule has 1 nitrogen and oxygen atoms in total. The second-order valence-electron chi connectivity index (χ2n) is 5.11. The fourth-order valence-corrected chi connectivity index (χ4v) is 6.70. The third-order valence-corrected chi connectivity index (χ3v) is 7.61. The zero-order valence-electron chi connectivity index (χ0n) is 11.0. The van der Waals surface area contributed by atoms with Crippen LogP contribution in [-0.2, 0) is 0 Å². The van der Waals surface area contributed by atoms with E-state index in [1.54, 1.807) is 5.19 Å². The van der Waals surface area contributed by atoms with Gasteiger partial charge in [-0.1, -0.05) is 60.4 Å². The van der Waals surface area contributed by atoms with Crippen molar-refractivity contribution in [3.05, 3.63) is 36.4 Å². The van der Waals surface area contributed by atoms with Gasteiger partial charge in [0.1, 0.15) is 5.75 Å². The zero-order valence-corrected chi connectivity index (χ0v) is 12.1. The highest BCUT2D eigenvalue weighted by Gasteiger charge is 2.21. The molecule has 1 aliphatic heterocycles. The van der Waals surface area contributed by atoms with Crippen LogP contribution in [0.15, 0.2) is 36.4 Å². The molecule has 0 radical (unpaired) electrons. The SMILES string of the molecule is CCOc1ccc([SiH]2CCCC2)c2ccccc12. The van der Waals surface area contributed by atoms with E-state index in [2.05, 4.69) is 43.3 Å². The standard InChI is InChI=1S/C16H20OSi/c1-2-17-15-9-10-16(18-11-5-6-12-18)14-8-4-3-7-13(14)15/h3-4,7-10,18H,2,5-6,11-12H2,1H3. The van der Waals surface area contributed by atoms with Gasteiger partial charge >= 0.3 is 0 Å². The molecular formula is C16H20OSi. The van der Waals surface area contributed by atoms with Crippen molar-refractivity contribution in [3.8, 4) is 5.75 Å². The van der Waals surface area contributed by atoms with Crippen LogP contribution in [-0.4, -0.2) is 15.4 Å². The van der Waals surface area contributed by atoms with Crippen LogP contribution in [0.4, 0.5) is 0 Å². The van der Waals surface area contributed by atoms with Crippen LogP contribution in [0.25, 0.3) is 10.8 Å². The van der Waals surface area contributed by atoms with Gasteiger partial charge in [0.05, 0.1) is 15.4 Å². The Morgan fingerprint density at radius 1 is 1.00 bits per heavy atom. The van der Waals surface area contributed by atoms with E-state index < -0.39 is 8.80 Å². The van der Waals surface area contributed by atoms with Gasteiger partial charge in [-0.3, -0.25) is 0 Å². The third kappa shape index (κ3) is 2.05. The molecule has 0 atom stereocenters. The van der Waals surface area contributed by atoms with Crippen molar-refractivity contribution in [2.24, 2.45) is 0 Å². The summed E-state index contributed by atoms with van der Waals surface area (Å²) in [7, 11) is -0.686. The maximum atomic E-state index is 5.75. The van der Waals surface area contributed by atoms with Crippen molar-refractivity contribution >= 4 is 24.8 Å². The maximum Gasteiger partial charge on any atom is 0.127 e. The Balaban J connectivity index is 2.13. The Labute approximate surface area is 110 Å². The summed E-state index contributed by atoms with van der Waals surface area (Å²) in [5, 5.41) is 4.41. The first-order valence-corrected chi connectivity index (χ1v) is 9.25. The molecular weight excluding hydrogens is 236 g/mol. The van der Waals surface area contributed by atoms with E-state index in [1.807, 2.05) is 0 Å². The van der Waals surface area contributed by atoms with Gasteiger partial charge in [0, 0.05) is 5.39 Å². The van der Waals surface area contributed by atoms with Crippen LogP contribution in [0, 0.1) is 0 Å². The summed E-state index contributed by atoms with van der Waals surface area (Å²) in [6.45, 7) is 2.79. The van der Waals surface area contributed by atoms with Gasteiger partial charge in [-0.25, -0.2) is 0 Å². The number of fused-ring (bicyclic) bond motifs is 1. The summed E-state index contributed by atoms with van der Waals surface area (Å²) in [5.41, 5.74) is 0. The molecule has 0 N–H and O–H groups in total. The maximum absolute atomic E-state index is 5.75. The van der Waals surface area contributed by atoms with Crippen molar-refractivity contribution in [2.45, 2.75) is 31.9 Å². The van der Waals surface area contributed by atoms with E-state index in [4.69, 9.17) is 4.74 Å². The summed E-state index contributed by atoms with van der Waals surface area (Å²) in [5.74, 6) is 1.05. The average Bonchev–Trinajstić information content (AvgIpc) is 2.93. The van der Waals surface area contributed by atoms with Crippen molar-refractivity contribution in [1.82, 2.24) is 0 Å². The van der Waals surface area contributed by atoms with Gasteiger partial charge in [0.2, 0.25) is 0 Å². The summed E-state index contributed by atoms with van der Waals surface area (Å²) >= 11 is 0. The third-order valence-electron chi connectivity index (χ3n) is 4.01. The lowest BCUT2D eigenvalue weighted by atomic mass is 10.1.